The smallest absolute Gasteiger partial charge is 0.410 e. The Morgan fingerprint density at radius 3 is 1.82 bits per heavy atom. The maximum absolute atomic E-state index is 12.9. The Labute approximate surface area is 265 Å². The maximum atomic E-state index is 12.9. The fourth-order valence-electron chi connectivity index (χ4n) is 3.84. The van der Waals surface area contributed by atoms with Crippen LogP contribution in [0.15, 0.2) is 48.5 Å². The molecule has 11 heteroatoms. The van der Waals surface area contributed by atoms with Gasteiger partial charge in [-0.15, -0.1) is 0 Å². The third-order valence-corrected chi connectivity index (χ3v) is 6.03. The van der Waals surface area contributed by atoms with Gasteiger partial charge in [0, 0.05) is 36.9 Å². The molecule has 0 aliphatic rings. The summed E-state index contributed by atoms with van der Waals surface area (Å²) in [6.07, 6.45) is -1.13. The molecule has 2 atom stereocenters. The van der Waals surface area contributed by atoms with E-state index >= 15 is 0 Å². The van der Waals surface area contributed by atoms with Gasteiger partial charge in [-0.1, -0.05) is 24.0 Å². The first kappa shape index (κ1) is 36.6. The molecule has 45 heavy (non-hydrogen) atoms. The molecule has 3 amide bonds. The van der Waals surface area contributed by atoms with Gasteiger partial charge in [0.15, 0.2) is 0 Å². The number of ether oxygens (including phenoxy) is 4. The van der Waals surface area contributed by atoms with E-state index in [0.29, 0.717) is 30.8 Å². The molecule has 2 rings (SSSR count). The minimum absolute atomic E-state index is 0.297. The molecule has 2 aromatic carbocycles. The van der Waals surface area contributed by atoms with Crippen molar-refractivity contribution in [2.75, 3.05) is 27.4 Å². The summed E-state index contributed by atoms with van der Waals surface area (Å²) >= 11 is 0. The highest BCUT2D eigenvalue weighted by Crippen LogP contribution is 2.14. The Balaban J connectivity index is 2.06. The summed E-state index contributed by atoms with van der Waals surface area (Å²) < 4.78 is 20.7. The Hall–Kier alpha value is -4.56. The number of methoxy groups -OCH3 is 2. The standard InChI is InChI=1S/C34H45N3O8/c1-23(35-31(40)44-33(2,3)4)28(30(39)43-9)36-29(38)27-18-16-25(17-19-27)11-10-24-12-14-26(15-13-24)22-37(20-21-42-8)32(41)45-34(5,6)7/h12-19,23,28H,20-22H2,1-9H3,(H,35,40)(H,36,38)/t23-,28+/m1/s1. The van der Waals surface area contributed by atoms with Crippen LogP contribution in [0.3, 0.4) is 0 Å². The number of carbonyl (C=O) groups is 4. The highest BCUT2D eigenvalue weighted by atomic mass is 16.6. The molecule has 2 aromatic rings. The Bertz CT molecular complexity index is 1360. The van der Waals surface area contributed by atoms with Gasteiger partial charge in [0.2, 0.25) is 0 Å². The van der Waals surface area contributed by atoms with E-state index < -0.39 is 47.3 Å². The number of nitrogens with one attached hydrogen (secondary N) is 2. The number of hydrogen-bond acceptors (Lipinski definition) is 8. The van der Waals surface area contributed by atoms with Crippen LogP contribution < -0.4 is 10.6 Å². The van der Waals surface area contributed by atoms with Gasteiger partial charge in [0.05, 0.1) is 19.8 Å². The lowest BCUT2D eigenvalue weighted by molar-refractivity contribution is -0.143. The number of rotatable bonds is 10. The summed E-state index contributed by atoms with van der Waals surface area (Å²) in [5, 5.41) is 5.18. The van der Waals surface area contributed by atoms with Crippen molar-refractivity contribution in [2.45, 2.75) is 78.3 Å². The van der Waals surface area contributed by atoms with Gasteiger partial charge in [0.1, 0.15) is 17.2 Å². The molecule has 244 valence electrons. The number of amides is 3. The van der Waals surface area contributed by atoms with Gasteiger partial charge in [-0.3, -0.25) is 4.79 Å². The van der Waals surface area contributed by atoms with E-state index in [0.717, 1.165) is 11.1 Å². The predicted octanol–water partition coefficient (Wildman–Crippen LogP) is 4.65. The lowest BCUT2D eigenvalue weighted by Gasteiger charge is -2.27. The van der Waals surface area contributed by atoms with Crippen molar-refractivity contribution in [2.24, 2.45) is 0 Å². The molecule has 0 saturated heterocycles. The molecule has 0 aliphatic carbocycles. The zero-order valence-corrected chi connectivity index (χ0v) is 27.6. The normalized spacial score (nSPS) is 12.5. The highest BCUT2D eigenvalue weighted by molar-refractivity contribution is 5.97. The third kappa shape index (κ3) is 13.3. The van der Waals surface area contributed by atoms with Crippen LogP contribution in [0.2, 0.25) is 0 Å². The van der Waals surface area contributed by atoms with Gasteiger partial charge in [-0.2, -0.15) is 0 Å². The van der Waals surface area contributed by atoms with Crippen molar-refractivity contribution >= 4 is 24.1 Å². The second-order valence-electron chi connectivity index (χ2n) is 12.3. The number of esters is 1. The molecule has 0 fully saturated rings. The van der Waals surface area contributed by atoms with Crippen molar-refractivity contribution in [1.82, 2.24) is 15.5 Å². The summed E-state index contributed by atoms with van der Waals surface area (Å²) in [6, 6.07) is 12.2. The molecule has 0 spiro atoms. The second kappa shape index (κ2) is 16.5. The Morgan fingerprint density at radius 1 is 0.800 bits per heavy atom. The fraction of sp³-hybridized carbons (Fsp3) is 0.471. The molecule has 2 N–H and O–H groups in total. The summed E-state index contributed by atoms with van der Waals surface area (Å²) in [5.74, 6) is 4.92. The summed E-state index contributed by atoms with van der Waals surface area (Å²) in [4.78, 5) is 51.7. The van der Waals surface area contributed by atoms with E-state index in [9.17, 15) is 19.2 Å². The Kier molecular flexibility index (Phi) is 13.4. The lowest BCUT2D eigenvalue weighted by atomic mass is 10.1. The molecular formula is C34H45N3O8. The van der Waals surface area contributed by atoms with E-state index in [1.54, 1.807) is 64.0 Å². The monoisotopic (exact) mass is 623 g/mol. The van der Waals surface area contributed by atoms with Crippen LogP contribution in [-0.2, 0) is 30.3 Å². The molecule has 0 aromatic heterocycles. The zero-order chi connectivity index (χ0) is 33.8. The van der Waals surface area contributed by atoms with E-state index in [1.165, 1.54) is 7.11 Å². The quantitative estimate of drug-likeness (QED) is 0.222. The van der Waals surface area contributed by atoms with Crippen LogP contribution in [0.1, 0.15) is 75.5 Å². The van der Waals surface area contributed by atoms with Crippen LogP contribution in [0.25, 0.3) is 0 Å². The number of benzene rings is 2. The first-order valence-corrected chi connectivity index (χ1v) is 14.6. The summed E-state index contributed by atoms with van der Waals surface area (Å²) in [5.41, 5.74) is 1.33. The number of alkyl carbamates (subject to hydrolysis) is 1. The zero-order valence-electron chi connectivity index (χ0n) is 27.6. The fourth-order valence-corrected chi connectivity index (χ4v) is 3.84. The molecule has 0 radical (unpaired) electrons. The maximum Gasteiger partial charge on any atom is 0.410 e. The van der Waals surface area contributed by atoms with Crippen molar-refractivity contribution in [1.29, 1.82) is 0 Å². The topological polar surface area (TPSA) is 132 Å². The van der Waals surface area contributed by atoms with Gasteiger partial charge >= 0.3 is 18.2 Å². The minimum Gasteiger partial charge on any atom is -0.467 e. The first-order valence-electron chi connectivity index (χ1n) is 14.6. The van der Waals surface area contributed by atoms with Gasteiger partial charge in [-0.25, -0.2) is 14.4 Å². The average Bonchev–Trinajstić information content (AvgIpc) is 2.95. The Morgan fingerprint density at radius 2 is 1.33 bits per heavy atom. The number of carbonyl (C=O) groups excluding carboxylic acids is 4. The molecule has 0 unspecified atom stereocenters. The molecule has 0 aliphatic heterocycles. The molecular weight excluding hydrogens is 578 g/mol. The predicted molar refractivity (Wildman–Crippen MR) is 169 cm³/mol. The van der Waals surface area contributed by atoms with Crippen molar-refractivity contribution in [3.05, 3.63) is 70.8 Å². The van der Waals surface area contributed by atoms with Crippen LogP contribution in [0, 0.1) is 11.8 Å². The second-order valence-corrected chi connectivity index (χ2v) is 12.3. The molecule has 11 nitrogen and oxygen atoms in total. The van der Waals surface area contributed by atoms with Crippen molar-refractivity contribution < 1.29 is 38.1 Å². The molecule has 0 saturated carbocycles. The third-order valence-electron chi connectivity index (χ3n) is 6.03. The molecule has 0 heterocycles. The SMILES string of the molecule is COCCN(Cc1ccc(C#Cc2ccc(C(=O)N[C@H](C(=O)OC)[C@@H](C)NC(=O)OC(C)(C)C)cc2)cc1)C(=O)OC(C)(C)C. The van der Waals surface area contributed by atoms with Crippen molar-refractivity contribution in [3.63, 3.8) is 0 Å². The van der Waals surface area contributed by atoms with Crippen LogP contribution in [0.5, 0.6) is 0 Å². The summed E-state index contributed by atoms with van der Waals surface area (Å²) in [7, 11) is 2.78. The van der Waals surface area contributed by atoms with Gasteiger partial charge in [0.25, 0.3) is 5.91 Å². The highest BCUT2D eigenvalue weighted by Gasteiger charge is 2.30. The number of nitrogens with zero attached hydrogens (tertiary/aromatic N) is 1. The lowest BCUT2D eigenvalue weighted by Crippen LogP contribution is -2.55. The van der Waals surface area contributed by atoms with Crippen molar-refractivity contribution in [3.8, 4) is 11.8 Å². The van der Waals surface area contributed by atoms with E-state index in [2.05, 4.69) is 22.5 Å². The molecule has 0 bridgehead atoms. The minimum atomic E-state index is -1.14. The summed E-state index contributed by atoms with van der Waals surface area (Å²) in [6.45, 7) is 13.3. The van der Waals surface area contributed by atoms with E-state index in [1.807, 2.05) is 45.0 Å². The van der Waals surface area contributed by atoms with Crippen LogP contribution in [0.4, 0.5) is 9.59 Å². The van der Waals surface area contributed by atoms with Crippen LogP contribution in [-0.4, -0.2) is 79.6 Å². The van der Waals surface area contributed by atoms with Crippen LogP contribution >= 0.6 is 0 Å². The average molecular weight is 624 g/mol. The largest absolute Gasteiger partial charge is 0.467 e. The van der Waals surface area contributed by atoms with Gasteiger partial charge in [-0.05, 0) is 90.4 Å². The van der Waals surface area contributed by atoms with E-state index in [4.69, 9.17) is 18.9 Å². The van der Waals surface area contributed by atoms with E-state index in [-0.39, 0.29) is 0 Å². The first-order chi connectivity index (χ1) is 21.0. The van der Waals surface area contributed by atoms with Gasteiger partial charge < -0.3 is 34.5 Å². The number of hydrogen-bond donors (Lipinski definition) is 2.